The number of carbonyl (C=O) groups excluding carboxylic acids is 1. The molecule has 3 aromatic heterocycles. The van der Waals surface area contributed by atoms with Gasteiger partial charge in [0.2, 0.25) is 11.6 Å². The molecule has 0 aliphatic heterocycles. The Morgan fingerprint density at radius 3 is 2.66 bits per heavy atom. The molecule has 11 heteroatoms. The zero-order chi connectivity index (χ0) is 25.5. The molecule has 0 spiro atoms. The molecule has 0 radical (unpaired) electrons. The lowest BCUT2D eigenvalue weighted by atomic mass is 9.99. The number of furan rings is 1. The van der Waals surface area contributed by atoms with Gasteiger partial charge in [0.15, 0.2) is 5.13 Å². The van der Waals surface area contributed by atoms with Crippen LogP contribution in [0.2, 0.25) is 5.02 Å². The fraction of sp³-hybridized carbons (Fsp3) is 0.333. The second-order valence-electron chi connectivity index (χ2n) is 9.40. The largest absolute Gasteiger partial charge is 0.491 e. The first-order chi connectivity index (χ1) is 16.4. The summed E-state index contributed by atoms with van der Waals surface area (Å²) in [5, 5.41) is 5.65. The predicted octanol–water partition coefficient (Wildman–Crippen LogP) is 4.21. The van der Waals surface area contributed by atoms with Gasteiger partial charge in [0.1, 0.15) is 11.1 Å². The Bertz CT molecular complexity index is 1540. The number of aryl methyl sites for hydroxylation is 1. The van der Waals surface area contributed by atoms with Crippen molar-refractivity contribution in [1.29, 1.82) is 0 Å². The van der Waals surface area contributed by atoms with E-state index in [0.29, 0.717) is 33.8 Å². The number of aromatic nitrogens is 3. The number of nitrogens with one attached hydrogen (secondary N) is 1. The van der Waals surface area contributed by atoms with E-state index < -0.39 is 11.2 Å². The van der Waals surface area contributed by atoms with Gasteiger partial charge in [-0.05, 0) is 23.6 Å². The number of fused-ring (bicyclic) bond motifs is 1. The highest BCUT2D eigenvalue weighted by Crippen LogP contribution is 2.33. The first kappa shape index (κ1) is 24.7. The average Bonchev–Trinajstić information content (AvgIpc) is 3.42. The Hall–Kier alpha value is -3.37. The molecule has 3 heterocycles. The molecule has 1 aromatic carbocycles. The number of amides is 1. The Morgan fingerprint density at radius 1 is 1.23 bits per heavy atom. The van der Waals surface area contributed by atoms with Crippen molar-refractivity contribution in [3.8, 4) is 17.0 Å². The average molecular weight is 517 g/mol. The molecule has 4 aromatic rings. The number of hydrogen-bond donors (Lipinski definition) is 1. The third kappa shape index (κ3) is 5.18. The van der Waals surface area contributed by atoms with E-state index >= 15 is 0 Å². The fourth-order valence-electron chi connectivity index (χ4n) is 3.43. The zero-order valence-corrected chi connectivity index (χ0v) is 21.5. The molecule has 0 atom stereocenters. The molecule has 35 heavy (non-hydrogen) atoms. The second-order valence-corrected chi connectivity index (χ2v) is 10.7. The van der Waals surface area contributed by atoms with Crippen LogP contribution >= 0.6 is 22.9 Å². The van der Waals surface area contributed by atoms with Gasteiger partial charge in [-0.1, -0.05) is 32.4 Å². The number of rotatable bonds is 6. The molecule has 0 unspecified atom stereocenters. The van der Waals surface area contributed by atoms with Crippen LogP contribution in [0, 0.1) is 5.41 Å². The summed E-state index contributed by atoms with van der Waals surface area (Å²) in [4.78, 5) is 41.8. The first-order valence-corrected chi connectivity index (χ1v) is 12.0. The highest BCUT2D eigenvalue weighted by molar-refractivity contribution is 7.14. The van der Waals surface area contributed by atoms with Crippen LogP contribution in [-0.4, -0.2) is 26.6 Å². The van der Waals surface area contributed by atoms with Gasteiger partial charge < -0.3 is 14.5 Å². The van der Waals surface area contributed by atoms with Gasteiger partial charge in [0, 0.05) is 30.6 Å². The lowest BCUT2D eigenvalue weighted by Crippen LogP contribution is -2.36. The zero-order valence-electron chi connectivity index (χ0n) is 20.0. The maximum absolute atomic E-state index is 12.7. The molecule has 0 fully saturated rings. The molecule has 9 nitrogen and oxygen atoms in total. The van der Waals surface area contributed by atoms with E-state index in [9.17, 15) is 14.4 Å². The van der Waals surface area contributed by atoms with Crippen molar-refractivity contribution in [3.05, 3.63) is 61.3 Å². The monoisotopic (exact) mass is 516 g/mol. The highest BCUT2D eigenvalue weighted by Gasteiger charge is 2.19. The minimum absolute atomic E-state index is 0.0103. The minimum Gasteiger partial charge on any atom is -0.491 e. The number of halogens is 1. The number of nitrogens with zero attached hydrogens (tertiary/aromatic N) is 3. The van der Waals surface area contributed by atoms with Crippen molar-refractivity contribution in [2.75, 3.05) is 11.9 Å². The summed E-state index contributed by atoms with van der Waals surface area (Å²) < 4.78 is 13.4. The smallest absolute Gasteiger partial charge is 0.333 e. The molecule has 0 saturated heterocycles. The van der Waals surface area contributed by atoms with Crippen LogP contribution in [0.3, 0.4) is 0 Å². The van der Waals surface area contributed by atoms with Crippen LogP contribution in [0.4, 0.5) is 5.13 Å². The minimum atomic E-state index is -0.511. The van der Waals surface area contributed by atoms with Crippen LogP contribution in [0.1, 0.15) is 26.3 Å². The summed E-state index contributed by atoms with van der Waals surface area (Å²) in [5.74, 6) is 0.235. The Kier molecular flexibility index (Phi) is 6.61. The van der Waals surface area contributed by atoms with Crippen molar-refractivity contribution in [3.63, 3.8) is 0 Å². The molecule has 4 rings (SSSR count). The number of carbonyl (C=O) groups is 1. The van der Waals surface area contributed by atoms with E-state index in [4.69, 9.17) is 20.8 Å². The maximum Gasteiger partial charge on any atom is 0.333 e. The quantitative estimate of drug-likeness (QED) is 0.411. The van der Waals surface area contributed by atoms with Crippen LogP contribution in [-0.2, 0) is 25.3 Å². The molecule has 0 aliphatic rings. The summed E-state index contributed by atoms with van der Waals surface area (Å²) >= 11 is 7.67. The predicted molar refractivity (Wildman–Crippen MR) is 137 cm³/mol. The first-order valence-electron chi connectivity index (χ1n) is 10.8. The molecule has 0 saturated carbocycles. The van der Waals surface area contributed by atoms with E-state index in [-0.39, 0.29) is 28.8 Å². The van der Waals surface area contributed by atoms with Crippen LogP contribution < -0.4 is 21.3 Å². The van der Waals surface area contributed by atoms with Crippen molar-refractivity contribution in [1.82, 2.24) is 14.1 Å². The van der Waals surface area contributed by atoms with Gasteiger partial charge in [0.05, 0.1) is 30.0 Å². The Labute approximate surface area is 209 Å². The van der Waals surface area contributed by atoms with Crippen LogP contribution in [0.15, 0.2) is 43.8 Å². The number of ether oxygens (including phenoxy) is 1. The Balaban J connectivity index is 1.48. The van der Waals surface area contributed by atoms with E-state index in [1.54, 1.807) is 12.1 Å². The summed E-state index contributed by atoms with van der Waals surface area (Å²) in [7, 11) is 2.89. The van der Waals surface area contributed by atoms with Gasteiger partial charge >= 0.3 is 5.69 Å². The lowest BCUT2D eigenvalue weighted by Gasteiger charge is -2.19. The summed E-state index contributed by atoms with van der Waals surface area (Å²) in [5.41, 5.74) is 0.968. The molecular formula is C24H25ClN4O5S. The normalized spacial score (nSPS) is 11.7. The van der Waals surface area contributed by atoms with E-state index in [2.05, 4.69) is 31.1 Å². The molecule has 0 bridgehead atoms. The topological polar surface area (TPSA) is 108 Å². The molecule has 184 valence electrons. The Morgan fingerprint density at radius 2 is 1.97 bits per heavy atom. The fourth-order valence-corrected chi connectivity index (χ4v) is 4.40. The second kappa shape index (κ2) is 9.35. The van der Waals surface area contributed by atoms with Crippen LogP contribution in [0.25, 0.3) is 22.4 Å². The van der Waals surface area contributed by atoms with Gasteiger partial charge in [-0.15, -0.1) is 11.3 Å². The van der Waals surface area contributed by atoms with Gasteiger partial charge in [-0.2, -0.15) is 0 Å². The maximum atomic E-state index is 12.7. The highest BCUT2D eigenvalue weighted by atomic mass is 35.5. The summed E-state index contributed by atoms with van der Waals surface area (Å²) in [6.07, 6.45) is 1.21. The SMILES string of the molecule is Cn1c(=O)c2c(CC(=O)Nc3nc(-c4ccc(OCC(C)(C)C)c(Cl)c4)cs3)coc2n(C)c1=O. The standard InChI is InChI=1S/C24H25ClN4O5S/c1-24(2,3)12-34-17-7-6-13(8-15(17)25)16-11-35-22(26-16)27-18(30)9-14-10-33-21-19(14)20(31)28(4)23(32)29(21)5/h6-8,10-11H,9,12H2,1-5H3,(H,26,27,30). The van der Waals surface area contributed by atoms with Gasteiger partial charge in [-0.25, -0.2) is 9.78 Å². The van der Waals surface area contributed by atoms with Crippen molar-refractivity contribution >= 4 is 45.1 Å². The molecule has 1 amide bonds. The van der Waals surface area contributed by atoms with Crippen molar-refractivity contribution in [2.45, 2.75) is 27.2 Å². The number of thiazole rings is 1. The number of hydrogen-bond acceptors (Lipinski definition) is 7. The molecular weight excluding hydrogens is 492 g/mol. The van der Waals surface area contributed by atoms with Gasteiger partial charge in [0.25, 0.3) is 5.56 Å². The van der Waals surface area contributed by atoms with Crippen molar-refractivity contribution < 1.29 is 13.9 Å². The number of benzene rings is 1. The lowest BCUT2D eigenvalue weighted by molar-refractivity contribution is -0.115. The molecule has 1 N–H and O–H groups in total. The summed E-state index contributed by atoms with van der Waals surface area (Å²) in [6, 6.07) is 5.44. The van der Waals surface area contributed by atoms with Crippen LogP contribution in [0.5, 0.6) is 5.75 Å². The number of anilines is 1. The molecule has 0 aliphatic carbocycles. The van der Waals surface area contributed by atoms with Gasteiger partial charge in [-0.3, -0.25) is 18.7 Å². The summed E-state index contributed by atoms with van der Waals surface area (Å²) in [6.45, 7) is 6.78. The van der Waals surface area contributed by atoms with Crippen molar-refractivity contribution in [2.24, 2.45) is 19.5 Å². The van der Waals surface area contributed by atoms with E-state index in [0.717, 1.165) is 10.1 Å². The third-order valence-corrected chi connectivity index (χ3v) is 6.29. The van der Waals surface area contributed by atoms with E-state index in [1.807, 2.05) is 11.4 Å². The van der Waals surface area contributed by atoms with E-state index in [1.165, 1.54) is 36.3 Å². The third-order valence-electron chi connectivity index (χ3n) is 5.23.